The van der Waals surface area contributed by atoms with Crippen molar-refractivity contribution < 1.29 is 19.0 Å². The quantitative estimate of drug-likeness (QED) is 0.660. The number of carbonyl (C=O) groups is 1. The average molecular weight is 350 g/mol. The van der Waals surface area contributed by atoms with Crippen LogP contribution < -0.4 is 14.8 Å². The lowest BCUT2D eigenvalue weighted by Gasteiger charge is -2.55. The van der Waals surface area contributed by atoms with Crippen molar-refractivity contribution in [2.75, 3.05) is 20.3 Å². The summed E-state index contributed by atoms with van der Waals surface area (Å²) < 4.78 is 17.1. The molecule has 2 aliphatic heterocycles. The minimum Gasteiger partial charge on any atom is -0.493 e. The van der Waals surface area contributed by atoms with Gasteiger partial charge in [0.2, 0.25) is 0 Å². The van der Waals surface area contributed by atoms with Crippen molar-refractivity contribution >= 4 is 23.3 Å². The van der Waals surface area contributed by atoms with E-state index < -0.39 is 11.6 Å². The topological polar surface area (TPSA) is 60.0 Å². The molecule has 7 heteroatoms. The number of fused-ring (bicyclic) bond motifs is 4. The van der Waals surface area contributed by atoms with E-state index in [2.05, 4.69) is 5.32 Å². The van der Waals surface area contributed by atoms with E-state index in [0.29, 0.717) is 29.8 Å². The molecule has 1 aromatic carbocycles. The van der Waals surface area contributed by atoms with E-state index in [4.69, 9.17) is 26.4 Å². The van der Waals surface area contributed by atoms with E-state index in [1.54, 1.807) is 14.0 Å². The largest absolute Gasteiger partial charge is 0.493 e. The average Bonchev–Trinajstić information content (AvgIpc) is 2.54. The number of hydrogen-bond acceptors (Lipinski definition) is 5. The van der Waals surface area contributed by atoms with Crippen molar-refractivity contribution in [1.29, 1.82) is 0 Å². The molecule has 130 valence electrons. The summed E-state index contributed by atoms with van der Waals surface area (Å²) in [5, 5.41) is 3.86. The lowest BCUT2D eigenvalue weighted by atomic mass is 9.79. The summed E-state index contributed by atoms with van der Waals surface area (Å²) in [5.41, 5.74) is -0.0849. The van der Waals surface area contributed by atoms with E-state index in [0.717, 1.165) is 5.56 Å². The van der Waals surface area contributed by atoms with Crippen molar-refractivity contribution in [3.63, 3.8) is 0 Å². The van der Waals surface area contributed by atoms with Crippen LogP contribution in [0.4, 0.5) is 0 Å². The zero-order valence-electron chi connectivity index (χ0n) is 14.3. The summed E-state index contributed by atoms with van der Waals surface area (Å²) >= 11 is 5.50. The molecule has 0 spiro atoms. The van der Waals surface area contributed by atoms with E-state index in [1.807, 2.05) is 36.9 Å². The van der Waals surface area contributed by atoms with Gasteiger partial charge in [0, 0.05) is 12.1 Å². The van der Waals surface area contributed by atoms with Gasteiger partial charge in [-0.2, -0.15) is 0 Å². The zero-order valence-corrected chi connectivity index (χ0v) is 15.1. The molecule has 1 saturated heterocycles. The Morgan fingerprint density at radius 2 is 2.21 bits per heavy atom. The van der Waals surface area contributed by atoms with Crippen molar-refractivity contribution in [3.05, 3.63) is 23.8 Å². The van der Waals surface area contributed by atoms with E-state index in [9.17, 15) is 4.79 Å². The van der Waals surface area contributed by atoms with Gasteiger partial charge in [-0.25, -0.2) is 0 Å². The van der Waals surface area contributed by atoms with Gasteiger partial charge in [0.1, 0.15) is 5.92 Å². The predicted octanol–water partition coefficient (Wildman–Crippen LogP) is 2.23. The number of carbonyl (C=O) groups excluding carboxylic acids is 1. The first-order valence-corrected chi connectivity index (χ1v) is 8.49. The van der Waals surface area contributed by atoms with Crippen molar-refractivity contribution in [1.82, 2.24) is 10.2 Å². The van der Waals surface area contributed by atoms with Crippen LogP contribution >= 0.6 is 12.2 Å². The molecule has 6 nitrogen and oxygen atoms in total. The van der Waals surface area contributed by atoms with Crippen molar-refractivity contribution in [3.8, 4) is 11.5 Å². The van der Waals surface area contributed by atoms with Crippen LogP contribution in [-0.2, 0) is 9.53 Å². The first-order chi connectivity index (χ1) is 11.5. The Kier molecular flexibility index (Phi) is 4.29. The van der Waals surface area contributed by atoms with Gasteiger partial charge >= 0.3 is 5.97 Å². The number of para-hydroxylation sites is 1. The molecule has 3 atom stereocenters. The summed E-state index contributed by atoms with van der Waals surface area (Å²) in [6.07, 6.45) is 0. The number of benzene rings is 1. The van der Waals surface area contributed by atoms with Gasteiger partial charge in [-0.15, -0.1) is 0 Å². The number of rotatable bonds is 4. The zero-order chi connectivity index (χ0) is 17.5. The molecule has 2 heterocycles. The predicted molar refractivity (Wildman–Crippen MR) is 93.0 cm³/mol. The lowest BCUT2D eigenvalue weighted by Crippen LogP contribution is -2.71. The molecule has 2 bridgehead atoms. The fourth-order valence-electron chi connectivity index (χ4n) is 3.65. The molecule has 1 N–H and O–H groups in total. The SMILES string of the molecule is CCOC(=O)C1C2NC(=S)N(CC)C1(C)Oc1c(OC)cccc12. The summed E-state index contributed by atoms with van der Waals surface area (Å²) in [5.74, 6) is 0.439. The maximum absolute atomic E-state index is 12.7. The first-order valence-electron chi connectivity index (χ1n) is 8.08. The third-order valence-electron chi connectivity index (χ3n) is 4.70. The maximum Gasteiger partial charge on any atom is 0.317 e. The summed E-state index contributed by atoms with van der Waals surface area (Å²) in [4.78, 5) is 14.6. The third kappa shape index (κ3) is 2.30. The number of hydrogen-bond donors (Lipinski definition) is 1. The van der Waals surface area contributed by atoms with Gasteiger partial charge in [-0.3, -0.25) is 4.79 Å². The molecule has 0 amide bonds. The number of thiocarbonyl (C=S) groups is 1. The lowest BCUT2D eigenvalue weighted by molar-refractivity contribution is -0.175. The number of nitrogens with one attached hydrogen (secondary N) is 1. The van der Waals surface area contributed by atoms with Crippen LogP contribution in [-0.4, -0.2) is 42.0 Å². The van der Waals surface area contributed by atoms with Gasteiger partial charge in [0.05, 0.1) is 19.8 Å². The first kappa shape index (κ1) is 16.8. The number of ether oxygens (including phenoxy) is 3. The smallest absolute Gasteiger partial charge is 0.317 e. The van der Waals surface area contributed by atoms with Gasteiger partial charge in [-0.05, 0) is 39.1 Å². The normalized spacial score (nSPS) is 27.7. The van der Waals surface area contributed by atoms with Gasteiger partial charge in [0.15, 0.2) is 22.3 Å². The highest BCUT2D eigenvalue weighted by Gasteiger charge is 2.59. The van der Waals surface area contributed by atoms with Crippen molar-refractivity contribution in [2.24, 2.45) is 5.92 Å². The molecule has 1 aromatic rings. The minimum absolute atomic E-state index is 0.299. The van der Waals surface area contributed by atoms with Crippen LogP contribution in [0.2, 0.25) is 0 Å². The monoisotopic (exact) mass is 350 g/mol. The molecule has 3 unspecified atom stereocenters. The molecule has 24 heavy (non-hydrogen) atoms. The molecule has 0 aromatic heterocycles. The second-order valence-corrected chi connectivity index (χ2v) is 6.32. The molecule has 2 aliphatic rings. The molecular weight excluding hydrogens is 328 g/mol. The standard InChI is InChI=1S/C17H22N2O4S/c1-5-19-16(24)18-13-10-8-7-9-11(21-4)14(10)23-17(19,3)12(13)15(20)22-6-2/h7-9,12-13H,5-6H2,1-4H3,(H,18,24). The van der Waals surface area contributed by atoms with E-state index >= 15 is 0 Å². The molecule has 0 saturated carbocycles. The van der Waals surface area contributed by atoms with Gasteiger partial charge in [-0.1, -0.05) is 12.1 Å². The Bertz CT molecular complexity index is 681. The van der Waals surface area contributed by atoms with Crippen LogP contribution in [0.3, 0.4) is 0 Å². The Hall–Kier alpha value is -2.02. The highest BCUT2D eigenvalue weighted by Crippen LogP contribution is 2.51. The second kappa shape index (κ2) is 6.12. The molecule has 0 aliphatic carbocycles. The van der Waals surface area contributed by atoms with Crippen molar-refractivity contribution in [2.45, 2.75) is 32.5 Å². The van der Waals surface area contributed by atoms with Crippen LogP contribution in [0, 0.1) is 5.92 Å². The summed E-state index contributed by atoms with van der Waals surface area (Å²) in [6.45, 7) is 6.58. The van der Waals surface area contributed by atoms with Gasteiger partial charge in [0.25, 0.3) is 0 Å². The minimum atomic E-state index is -0.935. The highest BCUT2D eigenvalue weighted by atomic mass is 32.1. The molecule has 0 radical (unpaired) electrons. The third-order valence-corrected chi connectivity index (χ3v) is 5.04. The molecule has 1 fully saturated rings. The van der Waals surface area contributed by atoms with Gasteiger partial charge < -0.3 is 24.4 Å². The number of esters is 1. The van der Waals surface area contributed by atoms with E-state index in [-0.39, 0.29) is 12.0 Å². The highest BCUT2D eigenvalue weighted by molar-refractivity contribution is 7.80. The summed E-state index contributed by atoms with van der Waals surface area (Å²) in [7, 11) is 1.60. The van der Waals surface area contributed by atoms with E-state index in [1.165, 1.54) is 0 Å². The fourth-order valence-corrected chi connectivity index (χ4v) is 4.08. The van der Waals surface area contributed by atoms with Crippen LogP contribution in [0.25, 0.3) is 0 Å². The Morgan fingerprint density at radius 3 is 2.83 bits per heavy atom. The summed E-state index contributed by atoms with van der Waals surface area (Å²) in [6, 6.07) is 5.33. The fraction of sp³-hybridized carbons (Fsp3) is 0.529. The second-order valence-electron chi connectivity index (χ2n) is 5.94. The maximum atomic E-state index is 12.7. The molecular formula is C17H22N2O4S. The number of nitrogens with zero attached hydrogens (tertiary/aromatic N) is 1. The van der Waals surface area contributed by atoms with Crippen LogP contribution in [0.15, 0.2) is 18.2 Å². The number of methoxy groups -OCH3 is 1. The Morgan fingerprint density at radius 1 is 1.46 bits per heavy atom. The molecule has 3 rings (SSSR count). The van der Waals surface area contributed by atoms with Crippen LogP contribution in [0.5, 0.6) is 11.5 Å². The Labute approximate surface area is 147 Å². The Balaban J connectivity index is 2.18. The van der Waals surface area contributed by atoms with Crippen LogP contribution in [0.1, 0.15) is 32.4 Å².